The minimum Gasteiger partial charge on any atom is -0.264 e. The lowest BCUT2D eigenvalue weighted by molar-refractivity contribution is 0.938. The molecule has 0 radical (unpaired) electrons. The Hall–Kier alpha value is -1.15. The van der Waals surface area contributed by atoms with E-state index in [1.807, 2.05) is 12.3 Å². The summed E-state index contributed by atoms with van der Waals surface area (Å²) in [6, 6.07) is 12.7. The Balaban J connectivity index is 2.08. The van der Waals surface area contributed by atoms with Crippen LogP contribution >= 0.6 is 15.9 Å². The van der Waals surface area contributed by atoms with Crippen LogP contribution < -0.4 is 0 Å². The van der Waals surface area contributed by atoms with Crippen molar-refractivity contribution in [1.29, 1.82) is 0 Å². The lowest BCUT2D eigenvalue weighted by Crippen LogP contribution is -1.95. The molecule has 0 fully saturated rings. The van der Waals surface area contributed by atoms with Crippen molar-refractivity contribution in [2.45, 2.75) is 18.2 Å². The van der Waals surface area contributed by atoms with Crippen molar-refractivity contribution in [2.24, 2.45) is 0 Å². The molecule has 1 unspecified atom stereocenters. The maximum atomic E-state index is 4.13. The molecule has 1 aromatic heterocycles. The molecule has 2 rings (SSSR count). The van der Waals surface area contributed by atoms with Crippen molar-refractivity contribution in [2.75, 3.05) is 0 Å². The van der Waals surface area contributed by atoms with E-state index in [9.17, 15) is 0 Å². The predicted molar refractivity (Wildman–Crippen MR) is 70.8 cm³/mol. The highest BCUT2D eigenvalue weighted by molar-refractivity contribution is 9.09. The van der Waals surface area contributed by atoms with Gasteiger partial charge in [-0.3, -0.25) is 4.98 Å². The van der Waals surface area contributed by atoms with Gasteiger partial charge >= 0.3 is 0 Å². The van der Waals surface area contributed by atoms with E-state index >= 15 is 0 Å². The third-order valence-corrected chi connectivity index (χ3v) is 3.43. The van der Waals surface area contributed by atoms with Gasteiger partial charge in [-0.1, -0.05) is 51.8 Å². The van der Waals surface area contributed by atoms with E-state index in [1.165, 1.54) is 16.7 Å². The van der Waals surface area contributed by atoms with Crippen molar-refractivity contribution in [3.63, 3.8) is 0 Å². The minimum atomic E-state index is 0.337. The molecule has 0 aliphatic heterocycles. The number of hydrogen-bond acceptors (Lipinski definition) is 1. The fourth-order valence-corrected chi connectivity index (χ4v) is 2.25. The monoisotopic (exact) mass is 275 g/mol. The molecule has 2 aromatic rings. The highest BCUT2D eigenvalue weighted by Crippen LogP contribution is 2.26. The van der Waals surface area contributed by atoms with Gasteiger partial charge in [-0.15, -0.1) is 0 Å². The van der Waals surface area contributed by atoms with Gasteiger partial charge in [-0.25, -0.2) is 0 Å². The van der Waals surface area contributed by atoms with Gasteiger partial charge in [-0.05, 0) is 30.5 Å². The normalized spacial score (nSPS) is 12.4. The Kier molecular flexibility index (Phi) is 3.73. The molecule has 0 aliphatic carbocycles. The minimum absolute atomic E-state index is 0.337. The third-order valence-electron chi connectivity index (χ3n) is 2.58. The van der Waals surface area contributed by atoms with E-state index < -0.39 is 0 Å². The molecule has 16 heavy (non-hydrogen) atoms. The zero-order valence-corrected chi connectivity index (χ0v) is 10.8. The maximum absolute atomic E-state index is 4.13. The molecule has 1 heterocycles. The van der Waals surface area contributed by atoms with E-state index in [1.54, 1.807) is 6.20 Å². The smallest absolute Gasteiger partial charge is 0.0450 e. The van der Waals surface area contributed by atoms with Crippen LogP contribution in [0.5, 0.6) is 0 Å². The first kappa shape index (κ1) is 11.3. The summed E-state index contributed by atoms with van der Waals surface area (Å²) in [4.78, 5) is 4.47. The number of alkyl halides is 1. The van der Waals surface area contributed by atoms with Crippen LogP contribution in [0.15, 0.2) is 48.8 Å². The van der Waals surface area contributed by atoms with E-state index in [4.69, 9.17) is 0 Å². The summed E-state index contributed by atoms with van der Waals surface area (Å²) in [6.07, 6.45) is 4.70. The molecule has 0 bridgehead atoms. The lowest BCUT2D eigenvalue weighted by atomic mass is 10.0. The number of halogens is 1. The number of hydrogen-bond donors (Lipinski definition) is 0. The molecule has 0 spiro atoms. The van der Waals surface area contributed by atoms with Crippen molar-refractivity contribution in [1.82, 2.24) is 4.98 Å². The summed E-state index contributed by atoms with van der Waals surface area (Å²) in [6.45, 7) is 2.11. The second kappa shape index (κ2) is 5.26. The van der Waals surface area contributed by atoms with Crippen LogP contribution in [-0.2, 0) is 6.42 Å². The van der Waals surface area contributed by atoms with Crippen molar-refractivity contribution >= 4 is 15.9 Å². The first-order valence-corrected chi connectivity index (χ1v) is 6.27. The van der Waals surface area contributed by atoms with Crippen LogP contribution in [-0.4, -0.2) is 4.98 Å². The number of aromatic nitrogens is 1. The molecule has 82 valence electrons. The molecule has 1 aromatic carbocycles. The van der Waals surface area contributed by atoms with E-state index in [0.29, 0.717) is 4.83 Å². The predicted octanol–water partition coefficient (Wildman–Crippen LogP) is 4.07. The molecule has 1 atom stereocenters. The first-order valence-electron chi connectivity index (χ1n) is 5.35. The summed E-state index contributed by atoms with van der Waals surface area (Å²) in [5.41, 5.74) is 3.87. The molecule has 2 heteroatoms. The Morgan fingerprint density at radius 2 is 1.94 bits per heavy atom. The van der Waals surface area contributed by atoms with Crippen molar-refractivity contribution in [3.8, 4) is 0 Å². The van der Waals surface area contributed by atoms with Gasteiger partial charge in [0.2, 0.25) is 0 Å². The van der Waals surface area contributed by atoms with E-state index in [0.717, 1.165) is 6.42 Å². The van der Waals surface area contributed by atoms with Crippen LogP contribution in [0.2, 0.25) is 0 Å². The van der Waals surface area contributed by atoms with Crippen LogP contribution in [0.4, 0.5) is 0 Å². The average molecular weight is 276 g/mol. The zero-order chi connectivity index (χ0) is 11.4. The maximum Gasteiger partial charge on any atom is 0.0450 e. The van der Waals surface area contributed by atoms with Crippen molar-refractivity contribution in [3.05, 3.63) is 65.5 Å². The second-order valence-electron chi connectivity index (χ2n) is 3.94. The van der Waals surface area contributed by atoms with E-state index in [-0.39, 0.29) is 0 Å². The van der Waals surface area contributed by atoms with Crippen LogP contribution in [0.1, 0.15) is 21.5 Å². The second-order valence-corrected chi connectivity index (χ2v) is 5.05. The van der Waals surface area contributed by atoms with Gasteiger partial charge in [0.25, 0.3) is 0 Å². The topological polar surface area (TPSA) is 12.9 Å². The Labute approximate surface area is 105 Å². The van der Waals surface area contributed by atoms with Crippen molar-refractivity contribution < 1.29 is 0 Å². The molecule has 0 saturated heterocycles. The molecule has 0 saturated carbocycles. The van der Waals surface area contributed by atoms with Gasteiger partial charge in [0.05, 0.1) is 0 Å². The van der Waals surface area contributed by atoms with Gasteiger partial charge in [0, 0.05) is 17.2 Å². The molecule has 0 N–H and O–H groups in total. The quantitative estimate of drug-likeness (QED) is 0.770. The summed E-state index contributed by atoms with van der Waals surface area (Å²) in [7, 11) is 0. The number of benzene rings is 1. The third kappa shape index (κ3) is 2.92. The first-order chi connectivity index (χ1) is 7.75. The fraction of sp³-hybridized carbons (Fsp3) is 0.214. The summed E-state index contributed by atoms with van der Waals surface area (Å²) in [5, 5.41) is 0. The van der Waals surface area contributed by atoms with Gasteiger partial charge < -0.3 is 0 Å². The van der Waals surface area contributed by atoms with Gasteiger partial charge in [-0.2, -0.15) is 0 Å². The molecular formula is C14H14BrN. The highest BCUT2D eigenvalue weighted by Gasteiger charge is 2.07. The lowest BCUT2D eigenvalue weighted by Gasteiger charge is -2.09. The summed E-state index contributed by atoms with van der Waals surface area (Å²) < 4.78 is 0. The standard InChI is InChI=1S/C14H14BrN/c1-11-4-6-12(7-5-11)9-14(15)13-3-2-8-16-10-13/h2-8,10,14H,9H2,1H3. The molecule has 1 nitrogen and oxygen atoms in total. The molecule has 0 aliphatic rings. The number of pyridine rings is 1. The summed E-state index contributed by atoms with van der Waals surface area (Å²) >= 11 is 3.70. The van der Waals surface area contributed by atoms with Crippen LogP contribution in [0.3, 0.4) is 0 Å². The average Bonchev–Trinajstić information content (AvgIpc) is 2.33. The Bertz CT molecular complexity index is 436. The molecular weight excluding hydrogens is 262 g/mol. The molecule has 0 amide bonds. The number of aryl methyl sites for hydroxylation is 1. The van der Waals surface area contributed by atoms with Gasteiger partial charge in [0.1, 0.15) is 0 Å². The zero-order valence-electron chi connectivity index (χ0n) is 9.23. The largest absolute Gasteiger partial charge is 0.264 e. The highest BCUT2D eigenvalue weighted by atomic mass is 79.9. The van der Waals surface area contributed by atoms with Gasteiger partial charge in [0.15, 0.2) is 0 Å². The number of rotatable bonds is 3. The van der Waals surface area contributed by atoms with E-state index in [2.05, 4.69) is 58.2 Å². The van der Waals surface area contributed by atoms with Crippen LogP contribution in [0.25, 0.3) is 0 Å². The fourth-order valence-electron chi connectivity index (χ4n) is 1.61. The summed E-state index contributed by atoms with van der Waals surface area (Å²) in [5.74, 6) is 0. The number of nitrogens with zero attached hydrogens (tertiary/aromatic N) is 1. The SMILES string of the molecule is Cc1ccc(CC(Br)c2cccnc2)cc1. The van der Waals surface area contributed by atoms with Crippen LogP contribution in [0, 0.1) is 6.92 Å². The Morgan fingerprint density at radius 1 is 1.19 bits per heavy atom. The Morgan fingerprint density at radius 3 is 2.56 bits per heavy atom.